The monoisotopic (exact) mass is 437 g/mol. The number of hydrogen-bond acceptors (Lipinski definition) is 10. The van der Waals surface area contributed by atoms with Gasteiger partial charge < -0.3 is 20.6 Å². The lowest BCUT2D eigenvalue weighted by Crippen LogP contribution is -2.70. The van der Waals surface area contributed by atoms with Gasteiger partial charge in [-0.2, -0.15) is 0 Å². The molecule has 3 N–H and O–H groups in total. The Morgan fingerprint density at radius 1 is 1.55 bits per heavy atom. The summed E-state index contributed by atoms with van der Waals surface area (Å²) in [5, 5.41) is 7.74. The lowest BCUT2D eigenvalue weighted by molar-refractivity contribution is -0.153. The van der Waals surface area contributed by atoms with Crippen LogP contribution in [0, 0.1) is 0 Å². The maximum atomic E-state index is 12.7. The van der Waals surface area contributed by atoms with Gasteiger partial charge in [0.2, 0.25) is 0 Å². The van der Waals surface area contributed by atoms with Crippen molar-refractivity contribution in [3.05, 3.63) is 35.5 Å². The zero-order chi connectivity index (χ0) is 21.1. The Kier molecular flexibility index (Phi) is 6.23. The number of fused-ring (bicyclic) bond motifs is 1. The van der Waals surface area contributed by atoms with Crippen molar-refractivity contribution in [2.75, 3.05) is 18.6 Å². The van der Waals surface area contributed by atoms with Crippen molar-refractivity contribution >= 4 is 51.7 Å². The molecule has 0 bridgehead atoms. The van der Waals surface area contributed by atoms with Crippen LogP contribution in [-0.2, 0) is 24.0 Å². The summed E-state index contributed by atoms with van der Waals surface area (Å²) >= 11 is 2.57. The molecule has 0 saturated carbocycles. The van der Waals surface area contributed by atoms with Crippen molar-refractivity contribution < 1.29 is 24.0 Å². The number of nitrogen functional groups attached to an aromatic ring is 1. The molecule has 2 aliphatic heterocycles. The van der Waals surface area contributed by atoms with Gasteiger partial charge in [-0.3, -0.25) is 14.5 Å². The van der Waals surface area contributed by atoms with Crippen molar-refractivity contribution in [3.63, 3.8) is 0 Å². The van der Waals surface area contributed by atoms with Crippen LogP contribution >= 0.6 is 23.1 Å². The van der Waals surface area contributed by atoms with Crippen LogP contribution in [0.15, 0.2) is 35.0 Å². The number of nitrogens with zero attached hydrogens (tertiary/aromatic N) is 3. The van der Waals surface area contributed by atoms with E-state index in [1.165, 1.54) is 29.8 Å². The number of carbonyl (C=O) groups excluding carboxylic acids is 3. The van der Waals surface area contributed by atoms with Crippen molar-refractivity contribution in [1.82, 2.24) is 15.2 Å². The number of nitrogens with one attached hydrogen (secondary N) is 1. The Bertz CT molecular complexity index is 912. The van der Waals surface area contributed by atoms with Crippen molar-refractivity contribution in [2.45, 2.75) is 24.4 Å². The second-order valence-corrected chi connectivity index (χ2v) is 8.05. The van der Waals surface area contributed by atoms with Crippen LogP contribution in [0.1, 0.15) is 12.6 Å². The van der Waals surface area contributed by atoms with Gasteiger partial charge in [0.1, 0.15) is 36.0 Å². The summed E-state index contributed by atoms with van der Waals surface area (Å²) in [5.41, 5.74) is 5.92. The van der Waals surface area contributed by atoms with E-state index in [4.69, 9.17) is 15.3 Å². The number of amides is 2. The summed E-state index contributed by atoms with van der Waals surface area (Å²) in [7, 11) is 1.29. The molecular weight excluding hydrogens is 418 g/mol. The Balaban J connectivity index is 1.71. The van der Waals surface area contributed by atoms with Gasteiger partial charge >= 0.3 is 5.97 Å². The van der Waals surface area contributed by atoms with Gasteiger partial charge in [0.25, 0.3) is 11.8 Å². The zero-order valence-corrected chi connectivity index (χ0v) is 17.3. The summed E-state index contributed by atoms with van der Waals surface area (Å²) in [6, 6.07) is -0.820. The summed E-state index contributed by atoms with van der Waals surface area (Å²) < 4.78 is 5.22. The molecule has 2 unspecified atom stereocenters. The summed E-state index contributed by atoms with van der Waals surface area (Å²) in [6.07, 6.45) is 2.63. The fourth-order valence-corrected chi connectivity index (χ4v) is 4.45. The lowest BCUT2D eigenvalue weighted by Gasteiger charge is -2.48. The number of thioether (sulfide) groups is 1. The van der Waals surface area contributed by atoms with Crippen molar-refractivity contribution in [1.29, 1.82) is 0 Å². The Labute approximate surface area is 174 Å². The van der Waals surface area contributed by atoms with Crippen LogP contribution in [0.25, 0.3) is 0 Å². The predicted molar refractivity (Wildman–Crippen MR) is 109 cm³/mol. The van der Waals surface area contributed by atoms with Crippen molar-refractivity contribution in [2.24, 2.45) is 5.16 Å². The maximum absolute atomic E-state index is 12.7. The van der Waals surface area contributed by atoms with Crippen molar-refractivity contribution in [3.8, 4) is 0 Å². The molecular formula is C17H19N5O5S2. The average Bonchev–Trinajstić information content (AvgIpc) is 3.14. The van der Waals surface area contributed by atoms with Crippen LogP contribution in [0.5, 0.6) is 0 Å². The molecule has 1 saturated heterocycles. The first kappa shape index (κ1) is 20.9. The molecule has 3 heterocycles. The number of oxime groups is 1. The largest absolute Gasteiger partial charge is 0.454 e. The molecule has 0 aliphatic carbocycles. The van der Waals surface area contributed by atoms with E-state index in [0.717, 1.165) is 11.3 Å². The third-order valence-electron chi connectivity index (χ3n) is 4.13. The number of rotatable bonds is 7. The van der Waals surface area contributed by atoms with E-state index in [-0.39, 0.29) is 22.2 Å². The van der Waals surface area contributed by atoms with Gasteiger partial charge in [0, 0.05) is 11.1 Å². The molecule has 2 aliphatic rings. The summed E-state index contributed by atoms with van der Waals surface area (Å²) in [5.74, 6) is -1.16. The van der Waals surface area contributed by atoms with Gasteiger partial charge in [0.05, 0.1) is 0 Å². The quantitative estimate of drug-likeness (QED) is 0.207. The van der Waals surface area contributed by atoms with Gasteiger partial charge in [-0.25, -0.2) is 9.78 Å². The van der Waals surface area contributed by atoms with E-state index in [9.17, 15) is 14.4 Å². The molecule has 1 fully saturated rings. The Hall–Kier alpha value is -2.86. The lowest BCUT2D eigenvalue weighted by atomic mass is 10.0. The molecule has 1 aromatic rings. The Morgan fingerprint density at radius 3 is 2.93 bits per heavy atom. The number of esters is 1. The minimum Gasteiger partial charge on any atom is -0.454 e. The van der Waals surface area contributed by atoms with Gasteiger partial charge in [0.15, 0.2) is 10.8 Å². The fraction of sp³-hybridized carbons (Fsp3) is 0.353. The third kappa shape index (κ3) is 4.12. The molecule has 2 amide bonds. The molecule has 154 valence electrons. The summed E-state index contributed by atoms with van der Waals surface area (Å²) in [4.78, 5) is 47.7. The maximum Gasteiger partial charge on any atom is 0.355 e. The number of β-lactam (4-membered cyclic amide) rings is 1. The fourth-order valence-electron chi connectivity index (χ4n) is 2.71. The van der Waals surface area contributed by atoms with E-state index in [2.05, 4.69) is 22.0 Å². The number of carbonyl (C=O) groups is 3. The number of aromatic nitrogens is 1. The van der Waals surface area contributed by atoms with Crippen LogP contribution in [-0.4, -0.2) is 63.8 Å². The second kappa shape index (κ2) is 8.66. The minimum atomic E-state index is -0.820. The number of ether oxygens (including phenoxy) is 1. The van der Waals surface area contributed by atoms with Crippen LogP contribution in [0.3, 0.4) is 0 Å². The first-order valence-electron chi connectivity index (χ1n) is 8.49. The SMILES string of the molecule is C=CC(C)OC(=O)C1=CCS[C@@H]2C(NC(=O)/C(=N\OC)c3csc(N)n3)C(=O)N12. The molecule has 3 rings (SSSR count). The highest BCUT2D eigenvalue weighted by Gasteiger charge is 2.53. The molecule has 29 heavy (non-hydrogen) atoms. The predicted octanol–water partition coefficient (Wildman–Crippen LogP) is 0.477. The van der Waals surface area contributed by atoms with E-state index in [0.29, 0.717) is 5.75 Å². The molecule has 3 atom stereocenters. The van der Waals surface area contributed by atoms with Crippen LogP contribution in [0.2, 0.25) is 0 Å². The van der Waals surface area contributed by atoms with E-state index in [1.807, 2.05) is 0 Å². The Morgan fingerprint density at radius 2 is 2.31 bits per heavy atom. The number of thiazole rings is 1. The van der Waals surface area contributed by atoms with Gasteiger partial charge in [-0.15, -0.1) is 23.1 Å². The highest BCUT2D eigenvalue weighted by Crippen LogP contribution is 2.38. The van der Waals surface area contributed by atoms with Crippen LogP contribution < -0.4 is 11.1 Å². The van der Waals surface area contributed by atoms with E-state index < -0.39 is 35.3 Å². The van der Waals surface area contributed by atoms with Gasteiger partial charge in [-0.1, -0.05) is 17.8 Å². The topological polar surface area (TPSA) is 136 Å². The van der Waals surface area contributed by atoms with E-state index >= 15 is 0 Å². The molecule has 0 spiro atoms. The highest BCUT2D eigenvalue weighted by atomic mass is 32.2. The molecule has 0 aromatic carbocycles. The number of hydrogen-bond donors (Lipinski definition) is 2. The third-order valence-corrected chi connectivity index (χ3v) is 5.99. The molecule has 12 heteroatoms. The molecule has 0 radical (unpaired) electrons. The van der Waals surface area contributed by atoms with E-state index in [1.54, 1.807) is 18.4 Å². The van der Waals surface area contributed by atoms with Gasteiger partial charge in [-0.05, 0) is 13.0 Å². The molecule has 1 aromatic heterocycles. The first-order chi connectivity index (χ1) is 13.9. The highest BCUT2D eigenvalue weighted by molar-refractivity contribution is 8.00. The average molecular weight is 438 g/mol. The number of anilines is 1. The molecule has 10 nitrogen and oxygen atoms in total. The zero-order valence-electron chi connectivity index (χ0n) is 15.7. The minimum absolute atomic E-state index is 0.0949. The smallest absolute Gasteiger partial charge is 0.355 e. The standard InChI is InChI=1S/C17H19N5O5S2/c1-4-8(2)27-16(25)10-5-6-28-15-12(14(24)22(10)15)20-13(23)11(21-26-3)9-7-29-17(18)19-9/h4-5,7-8,12,15H,1,6H2,2-3H3,(H2,18,19)(H,20,23)/b21-11-/t8?,12?,15-/m1/s1. The second-order valence-electron chi connectivity index (χ2n) is 6.01. The first-order valence-corrected chi connectivity index (χ1v) is 10.4. The summed E-state index contributed by atoms with van der Waals surface area (Å²) in [6.45, 7) is 5.23. The number of nitrogens with two attached hydrogens (primary N) is 1. The normalized spacial score (nSPS) is 22.0. The van der Waals surface area contributed by atoms with Crippen LogP contribution in [0.4, 0.5) is 5.13 Å².